The number of aliphatic carboxylic acids is 1. The standard InChI is InChI=1S/C12H22N2O6/c1-6(2)5-20-12(19)10(7(3)15)14-11(18)8(13)4-9(16)17/h6-8,10,15H,4-5,13H2,1-3H3,(H,14,18)(H,16,17). The Morgan fingerprint density at radius 3 is 2.20 bits per heavy atom. The van der Waals surface area contributed by atoms with Gasteiger partial charge in [0, 0.05) is 0 Å². The average molecular weight is 290 g/mol. The first-order valence-electron chi connectivity index (χ1n) is 6.27. The number of aliphatic hydroxyl groups excluding tert-OH is 1. The van der Waals surface area contributed by atoms with Gasteiger partial charge in [0.2, 0.25) is 5.91 Å². The summed E-state index contributed by atoms with van der Waals surface area (Å²) in [6.45, 7) is 5.14. The highest BCUT2D eigenvalue weighted by atomic mass is 16.5. The van der Waals surface area contributed by atoms with Crippen LogP contribution in [0.25, 0.3) is 0 Å². The van der Waals surface area contributed by atoms with Gasteiger partial charge >= 0.3 is 11.9 Å². The van der Waals surface area contributed by atoms with Gasteiger partial charge in [-0.15, -0.1) is 0 Å². The van der Waals surface area contributed by atoms with E-state index in [0.29, 0.717) is 0 Å². The Bertz CT molecular complexity index is 356. The lowest BCUT2D eigenvalue weighted by molar-refractivity contribution is -0.152. The van der Waals surface area contributed by atoms with Crippen LogP contribution in [0.5, 0.6) is 0 Å². The second-order valence-electron chi connectivity index (χ2n) is 4.96. The highest BCUT2D eigenvalue weighted by Gasteiger charge is 2.29. The van der Waals surface area contributed by atoms with Crippen LogP contribution in [0.4, 0.5) is 0 Å². The lowest BCUT2D eigenvalue weighted by Gasteiger charge is -2.22. The molecular formula is C12H22N2O6. The number of hydrogen-bond acceptors (Lipinski definition) is 6. The maximum atomic E-state index is 11.7. The van der Waals surface area contributed by atoms with Crippen molar-refractivity contribution in [3.63, 3.8) is 0 Å². The summed E-state index contributed by atoms with van der Waals surface area (Å²) in [5.74, 6) is -2.74. The third-order valence-corrected chi connectivity index (χ3v) is 2.32. The molecule has 1 amide bonds. The molecule has 0 rings (SSSR count). The van der Waals surface area contributed by atoms with E-state index in [4.69, 9.17) is 15.6 Å². The molecule has 116 valence electrons. The van der Waals surface area contributed by atoms with Crippen LogP contribution in [0.2, 0.25) is 0 Å². The van der Waals surface area contributed by atoms with Crippen molar-refractivity contribution in [2.75, 3.05) is 6.61 Å². The van der Waals surface area contributed by atoms with E-state index >= 15 is 0 Å². The number of aliphatic hydroxyl groups is 1. The number of carboxylic acids is 1. The van der Waals surface area contributed by atoms with E-state index in [1.165, 1.54) is 6.92 Å². The Labute approximate surface area is 117 Å². The van der Waals surface area contributed by atoms with Gasteiger partial charge in [-0.25, -0.2) is 4.79 Å². The number of amides is 1. The van der Waals surface area contributed by atoms with E-state index in [1.54, 1.807) is 0 Å². The van der Waals surface area contributed by atoms with Gasteiger partial charge in [0.25, 0.3) is 0 Å². The molecule has 20 heavy (non-hydrogen) atoms. The Morgan fingerprint density at radius 1 is 1.25 bits per heavy atom. The minimum absolute atomic E-state index is 0.110. The van der Waals surface area contributed by atoms with Gasteiger partial charge < -0.3 is 26.0 Å². The molecule has 0 saturated carbocycles. The summed E-state index contributed by atoms with van der Waals surface area (Å²) in [6.07, 6.45) is -1.75. The van der Waals surface area contributed by atoms with E-state index in [-0.39, 0.29) is 12.5 Å². The van der Waals surface area contributed by atoms with Gasteiger partial charge in [-0.3, -0.25) is 9.59 Å². The highest BCUT2D eigenvalue weighted by Crippen LogP contribution is 2.01. The van der Waals surface area contributed by atoms with E-state index in [9.17, 15) is 19.5 Å². The molecule has 0 heterocycles. The first-order valence-corrected chi connectivity index (χ1v) is 6.27. The molecule has 8 heteroatoms. The molecule has 0 aromatic rings. The molecule has 0 aromatic carbocycles. The van der Waals surface area contributed by atoms with E-state index in [2.05, 4.69) is 5.32 Å². The Hall–Kier alpha value is -1.67. The number of carbonyl (C=O) groups is 3. The average Bonchev–Trinajstić information content (AvgIpc) is 2.31. The van der Waals surface area contributed by atoms with Crippen molar-refractivity contribution in [2.24, 2.45) is 11.7 Å². The quantitative estimate of drug-likeness (QED) is 0.414. The topological polar surface area (TPSA) is 139 Å². The molecule has 0 aromatic heterocycles. The minimum atomic E-state index is -1.30. The first-order chi connectivity index (χ1) is 9.15. The largest absolute Gasteiger partial charge is 0.481 e. The maximum absolute atomic E-state index is 11.7. The van der Waals surface area contributed by atoms with Gasteiger partial charge in [-0.1, -0.05) is 13.8 Å². The molecule has 0 aliphatic carbocycles. The van der Waals surface area contributed by atoms with Crippen LogP contribution >= 0.6 is 0 Å². The van der Waals surface area contributed by atoms with Crippen molar-refractivity contribution < 1.29 is 29.3 Å². The van der Waals surface area contributed by atoms with E-state index in [1.807, 2.05) is 13.8 Å². The summed E-state index contributed by atoms with van der Waals surface area (Å²) in [4.78, 5) is 33.8. The second-order valence-corrected chi connectivity index (χ2v) is 4.96. The molecule has 0 aliphatic rings. The highest BCUT2D eigenvalue weighted by molar-refractivity contribution is 5.90. The molecule has 0 radical (unpaired) electrons. The van der Waals surface area contributed by atoms with E-state index in [0.717, 1.165) is 0 Å². The van der Waals surface area contributed by atoms with Gasteiger partial charge in [0.05, 0.1) is 25.2 Å². The molecule has 0 saturated heterocycles. The Balaban J connectivity index is 4.57. The van der Waals surface area contributed by atoms with Gasteiger partial charge in [-0.05, 0) is 12.8 Å². The summed E-state index contributed by atoms with van der Waals surface area (Å²) >= 11 is 0. The van der Waals surface area contributed by atoms with Crippen LogP contribution in [-0.4, -0.2) is 52.9 Å². The van der Waals surface area contributed by atoms with Crippen LogP contribution in [0, 0.1) is 5.92 Å². The Morgan fingerprint density at radius 2 is 1.80 bits per heavy atom. The van der Waals surface area contributed by atoms with Crippen LogP contribution in [0.1, 0.15) is 27.2 Å². The molecule has 3 atom stereocenters. The zero-order valence-electron chi connectivity index (χ0n) is 11.8. The molecule has 5 N–H and O–H groups in total. The van der Waals surface area contributed by atoms with Crippen molar-refractivity contribution >= 4 is 17.8 Å². The number of nitrogens with one attached hydrogen (secondary N) is 1. The fourth-order valence-electron chi connectivity index (χ4n) is 1.26. The molecule has 8 nitrogen and oxygen atoms in total. The van der Waals surface area contributed by atoms with Crippen molar-refractivity contribution in [3.8, 4) is 0 Å². The van der Waals surface area contributed by atoms with Crippen molar-refractivity contribution in [1.29, 1.82) is 0 Å². The first kappa shape index (κ1) is 18.3. The van der Waals surface area contributed by atoms with Crippen LogP contribution in [0.3, 0.4) is 0 Å². The molecule has 0 bridgehead atoms. The number of nitrogens with two attached hydrogens (primary N) is 1. The van der Waals surface area contributed by atoms with Crippen LogP contribution in [0.15, 0.2) is 0 Å². The third kappa shape index (κ3) is 7.05. The zero-order chi connectivity index (χ0) is 15.9. The molecule has 0 spiro atoms. The summed E-state index contributed by atoms with van der Waals surface area (Å²) in [5.41, 5.74) is 5.36. The summed E-state index contributed by atoms with van der Waals surface area (Å²) < 4.78 is 4.92. The van der Waals surface area contributed by atoms with Crippen LogP contribution < -0.4 is 11.1 Å². The predicted octanol–water partition coefficient (Wildman–Crippen LogP) is -1.15. The summed E-state index contributed by atoms with van der Waals surface area (Å²) in [7, 11) is 0. The maximum Gasteiger partial charge on any atom is 0.331 e. The molecular weight excluding hydrogens is 268 g/mol. The number of esters is 1. The number of carboxylic acid groups (broad SMARTS) is 1. The molecule has 0 aliphatic heterocycles. The molecule has 0 fully saturated rings. The number of ether oxygens (including phenoxy) is 1. The Kier molecular flexibility index (Phi) is 7.78. The minimum Gasteiger partial charge on any atom is -0.481 e. The fourth-order valence-corrected chi connectivity index (χ4v) is 1.26. The number of hydrogen-bond donors (Lipinski definition) is 4. The van der Waals surface area contributed by atoms with Crippen molar-refractivity contribution in [3.05, 3.63) is 0 Å². The summed E-state index contributed by atoms with van der Waals surface area (Å²) in [6, 6.07) is -2.58. The zero-order valence-corrected chi connectivity index (χ0v) is 11.8. The lowest BCUT2D eigenvalue weighted by Crippen LogP contribution is -2.53. The van der Waals surface area contributed by atoms with Crippen molar-refractivity contribution in [2.45, 2.75) is 45.4 Å². The van der Waals surface area contributed by atoms with Crippen LogP contribution in [-0.2, 0) is 19.1 Å². The van der Waals surface area contributed by atoms with Gasteiger partial charge in [-0.2, -0.15) is 0 Å². The summed E-state index contributed by atoms with van der Waals surface area (Å²) in [5, 5.41) is 20.2. The second kappa shape index (κ2) is 8.49. The lowest BCUT2D eigenvalue weighted by atomic mass is 10.1. The smallest absolute Gasteiger partial charge is 0.331 e. The SMILES string of the molecule is CC(C)COC(=O)C(NC(=O)C(N)CC(=O)O)C(C)O. The van der Waals surface area contributed by atoms with Gasteiger partial charge in [0.1, 0.15) is 0 Å². The van der Waals surface area contributed by atoms with E-state index < -0.39 is 42.5 Å². The number of rotatable bonds is 8. The predicted molar refractivity (Wildman–Crippen MR) is 69.6 cm³/mol. The molecule has 3 unspecified atom stereocenters. The normalized spacial score (nSPS) is 15.3. The van der Waals surface area contributed by atoms with Gasteiger partial charge in [0.15, 0.2) is 6.04 Å². The third-order valence-electron chi connectivity index (χ3n) is 2.32. The fraction of sp³-hybridized carbons (Fsp3) is 0.750. The monoisotopic (exact) mass is 290 g/mol. The van der Waals surface area contributed by atoms with Crippen molar-refractivity contribution in [1.82, 2.24) is 5.32 Å². The number of carbonyl (C=O) groups excluding carboxylic acids is 2.